The van der Waals surface area contributed by atoms with Gasteiger partial charge in [-0.25, -0.2) is 0 Å². The maximum atomic E-state index is 12.6. The molecular formula is C20H22O. The molecule has 2 aromatic carbocycles. The molecule has 3 rings (SSSR count). The van der Waals surface area contributed by atoms with Gasteiger partial charge in [-0.15, -0.1) is 0 Å². The van der Waals surface area contributed by atoms with Crippen molar-refractivity contribution in [2.45, 2.75) is 38.5 Å². The first-order valence-corrected chi connectivity index (χ1v) is 7.66. The zero-order valence-corrected chi connectivity index (χ0v) is 13.0. The van der Waals surface area contributed by atoms with E-state index in [9.17, 15) is 4.79 Å². The predicted molar refractivity (Wildman–Crippen MR) is 86.8 cm³/mol. The molecule has 0 aromatic heterocycles. The Morgan fingerprint density at radius 2 is 1.57 bits per heavy atom. The Morgan fingerprint density at radius 1 is 0.952 bits per heavy atom. The van der Waals surface area contributed by atoms with E-state index in [0.717, 1.165) is 12.0 Å². The van der Waals surface area contributed by atoms with Crippen molar-refractivity contribution < 1.29 is 4.79 Å². The highest BCUT2D eigenvalue weighted by Crippen LogP contribution is 2.49. The third-order valence-electron chi connectivity index (χ3n) is 4.39. The normalized spacial score (nSPS) is 21.1. The van der Waals surface area contributed by atoms with Crippen LogP contribution in [-0.4, -0.2) is 5.78 Å². The van der Waals surface area contributed by atoms with Crippen molar-refractivity contribution >= 4 is 5.78 Å². The van der Waals surface area contributed by atoms with E-state index in [1.165, 1.54) is 11.1 Å². The van der Waals surface area contributed by atoms with Crippen LogP contribution in [0.2, 0.25) is 0 Å². The highest BCUT2D eigenvalue weighted by Gasteiger charge is 2.43. The first-order chi connectivity index (χ1) is 9.97. The number of rotatable bonds is 3. The van der Waals surface area contributed by atoms with E-state index >= 15 is 0 Å². The molecule has 0 aliphatic heterocycles. The van der Waals surface area contributed by atoms with Gasteiger partial charge in [0.1, 0.15) is 0 Å². The fourth-order valence-corrected chi connectivity index (χ4v) is 2.90. The van der Waals surface area contributed by atoms with Gasteiger partial charge in [-0.1, -0.05) is 75.4 Å². The summed E-state index contributed by atoms with van der Waals surface area (Å²) in [6.07, 6.45) is 0.990. The van der Waals surface area contributed by atoms with Gasteiger partial charge < -0.3 is 0 Å². The Balaban J connectivity index is 1.73. The largest absolute Gasteiger partial charge is 0.294 e. The molecule has 1 aliphatic rings. The van der Waals surface area contributed by atoms with E-state index in [-0.39, 0.29) is 11.3 Å². The number of ketones is 1. The molecule has 1 aliphatic carbocycles. The van der Waals surface area contributed by atoms with Crippen LogP contribution in [0.1, 0.15) is 54.6 Å². The van der Waals surface area contributed by atoms with Gasteiger partial charge in [-0.05, 0) is 28.9 Å². The second-order valence-corrected chi connectivity index (χ2v) is 7.05. The van der Waals surface area contributed by atoms with Crippen LogP contribution in [0.3, 0.4) is 0 Å². The smallest absolute Gasteiger partial charge is 0.166 e. The second-order valence-electron chi connectivity index (χ2n) is 7.05. The van der Waals surface area contributed by atoms with Crippen LogP contribution in [0.5, 0.6) is 0 Å². The van der Waals surface area contributed by atoms with Crippen molar-refractivity contribution in [2.24, 2.45) is 5.92 Å². The van der Waals surface area contributed by atoms with E-state index in [1.807, 2.05) is 30.3 Å². The van der Waals surface area contributed by atoms with Crippen molar-refractivity contribution in [1.29, 1.82) is 0 Å². The summed E-state index contributed by atoms with van der Waals surface area (Å²) >= 11 is 0. The summed E-state index contributed by atoms with van der Waals surface area (Å²) in [4.78, 5) is 12.6. The summed E-state index contributed by atoms with van der Waals surface area (Å²) in [5.74, 6) is 0.887. The lowest BCUT2D eigenvalue weighted by Gasteiger charge is -2.19. The molecule has 2 aromatic rings. The number of carbonyl (C=O) groups excluding carboxylic acids is 1. The van der Waals surface area contributed by atoms with Gasteiger partial charge in [0.25, 0.3) is 0 Å². The van der Waals surface area contributed by atoms with Crippen molar-refractivity contribution in [3.63, 3.8) is 0 Å². The second kappa shape index (κ2) is 5.14. The average molecular weight is 278 g/mol. The first kappa shape index (κ1) is 14.1. The molecule has 21 heavy (non-hydrogen) atoms. The van der Waals surface area contributed by atoms with Gasteiger partial charge in [0.15, 0.2) is 5.78 Å². The summed E-state index contributed by atoms with van der Waals surface area (Å²) < 4.78 is 0. The Kier molecular flexibility index (Phi) is 3.44. The Bertz CT molecular complexity index is 632. The fourth-order valence-electron chi connectivity index (χ4n) is 2.90. The minimum atomic E-state index is 0.133. The molecule has 1 saturated carbocycles. The van der Waals surface area contributed by atoms with Gasteiger partial charge in [0.05, 0.1) is 0 Å². The Hall–Kier alpha value is -1.89. The number of carbonyl (C=O) groups is 1. The van der Waals surface area contributed by atoms with Crippen LogP contribution < -0.4 is 0 Å². The number of Topliss-reactive ketones (excluding diaryl/α,β-unsaturated/α-hetero) is 1. The maximum Gasteiger partial charge on any atom is 0.166 e. The van der Waals surface area contributed by atoms with Crippen LogP contribution in [-0.2, 0) is 5.41 Å². The van der Waals surface area contributed by atoms with E-state index in [0.29, 0.717) is 11.7 Å². The molecule has 0 heterocycles. The molecule has 1 nitrogen and oxygen atoms in total. The highest BCUT2D eigenvalue weighted by atomic mass is 16.1. The summed E-state index contributed by atoms with van der Waals surface area (Å²) in [5, 5.41) is 0. The lowest BCUT2D eigenvalue weighted by Crippen LogP contribution is -2.11. The first-order valence-electron chi connectivity index (χ1n) is 7.66. The van der Waals surface area contributed by atoms with Gasteiger partial charge in [0, 0.05) is 11.5 Å². The number of benzene rings is 2. The molecule has 0 radical (unpaired) electrons. The average Bonchev–Trinajstić information content (AvgIpc) is 3.27. The summed E-state index contributed by atoms with van der Waals surface area (Å²) in [6, 6.07) is 18.5. The molecule has 0 spiro atoms. The minimum absolute atomic E-state index is 0.133. The Morgan fingerprint density at radius 3 is 2.14 bits per heavy atom. The van der Waals surface area contributed by atoms with Gasteiger partial charge in [-0.3, -0.25) is 4.79 Å². The van der Waals surface area contributed by atoms with Gasteiger partial charge >= 0.3 is 0 Å². The van der Waals surface area contributed by atoms with Crippen molar-refractivity contribution in [3.05, 3.63) is 71.3 Å². The molecule has 108 valence electrons. The van der Waals surface area contributed by atoms with Crippen LogP contribution in [0.25, 0.3) is 0 Å². The number of hydrogen-bond acceptors (Lipinski definition) is 1. The zero-order chi connectivity index (χ0) is 15.0. The maximum absolute atomic E-state index is 12.6. The lowest BCUT2D eigenvalue weighted by molar-refractivity contribution is 0.0965. The molecule has 1 fully saturated rings. The zero-order valence-electron chi connectivity index (χ0n) is 13.0. The minimum Gasteiger partial charge on any atom is -0.294 e. The van der Waals surface area contributed by atoms with Crippen molar-refractivity contribution in [1.82, 2.24) is 0 Å². The quantitative estimate of drug-likeness (QED) is 0.724. The number of hydrogen-bond donors (Lipinski definition) is 0. The van der Waals surface area contributed by atoms with E-state index in [1.54, 1.807) is 0 Å². The summed E-state index contributed by atoms with van der Waals surface area (Å²) in [6.45, 7) is 6.57. The Labute approximate surface area is 127 Å². The highest BCUT2D eigenvalue weighted by molar-refractivity contribution is 6.00. The molecule has 0 saturated heterocycles. The van der Waals surface area contributed by atoms with Crippen molar-refractivity contribution in [2.75, 3.05) is 0 Å². The van der Waals surface area contributed by atoms with E-state index in [4.69, 9.17) is 0 Å². The van der Waals surface area contributed by atoms with Gasteiger partial charge in [0.2, 0.25) is 0 Å². The van der Waals surface area contributed by atoms with Crippen LogP contribution >= 0.6 is 0 Å². The summed E-state index contributed by atoms with van der Waals surface area (Å²) in [7, 11) is 0. The molecule has 0 N–H and O–H groups in total. The third kappa shape index (κ3) is 2.92. The third-order valence-corrected chi connectivity index (χ3v) is 4.39. The van der Waals surface area contributed by atoms with Crippen LogP contribution in [0.15, 0.2) is 54.6 Å². The summed E-state index contributed by atoms with van der Waals surface area (Å²) in [5.41, 5.74) is 3.55. The van der Waals surface area contributed by atoms with Crippen LogP contribution in [0.4, 0.5) is 0 Å². The standard InChI is InChI=1S/C20H22O/c1-20(2,3)16-11-9-15(10-12-16)19(21)18-13-17(18)14-7-5-4-6-8-14/h4-12,17-18H,13H2,1-3H3. The predicted octanol–water partition coefficient (Wildman–Crippen LogP) is 4.97. The van der Waals surface area contributed by atoms with Crippen LogP contribution in [0, 0.1) is 5.92 Å². The van der Waals surface area contributed by atoms with Crippen molar-refractivity contribution in [3.8, 4) is 0 Å². The molecule has 0 bridgehead atoms. The van der Waals surface area contributed by atoms with E-state index < -0.39 is 0 Å². The fraction of sp³-hybridized carbons (Fsp3) is 0.350. The molecule has 0 amide bonds. The SMILES string of the molecule is CC(C)(C)c1ccc(C(=O)C2CC2c2ccccc2)cc1. The topological polar surface area (TPSA) is 17.1 Å². The van der Waals surface area contributed by atoms with Gasteiger partial charge in [-0.2, -0.15) is 0 Å². The monoisotopic (exact) mass is 278 g/mol. The molecule has 2 unspecified atom stereocenters. The molecule has 2 atom stereocenters. The molecular weight excluding hydrogens is 256 g/mol. The lowest BCUT2D eigenvalue weighted by atomic mass is 9.86. The van der Waals surface area contributed by atoms with E-state index in [2.05, 4.69) is 45.0 Å². The molecule has 1 heteroatoms.